The zero-order valence-corrected chi connectivity index (χ0v) is 14.7. The average Bonchev–Trinajstić information content (AvgIpc) is 2.91. The number of amides is 1. The molecule has 0 spiro atoms. The zero-order chi connectivity index (χ0) is 18.0. The van der Waals surface area contributed by atoms with Crippen LogP contribution in [-0.2, 0) is 21.7 Å². The number of nitrogens with zero attached hydrogens (tertiary/aromatic N) is 1. The van der Waals surface area contributed by atoms with Crippen molar-refractivity contribution in [3.05, 3.63) is 70.9 Å². The van der Waals surface area contributed by atoms with Gasteiger partial charge in [-0.05, 0) is 31.2 Å². The molecule has 0 saturated carbocycles. The van der Waals surface area contributed by atoms with E-state index in [4.69, 9.17) is 0 Å². The van der Waals surface area contributed by atoms with Crippen LogP contribution in [0.15, 0.2) is 64.7 Å². The monoisotopic (exact) mass is 354 g/mol. The van der Waals surface area contributed by atoms with Crippen LogP contribution in [0.1, 0.15) is 11.1 Å². The van der Waals surface area contributed by atoms with E-state index in [1.54, 1.807) is 12.1 Å². The first-order valence-corrected chi connectivity index (χ1v) is 9.19. The number of hydrogen-bond donors (Lipinski definition) is 1. The van der Waals surface area contributed by atoms with Gasteiger partial charge in [-0.2, -0.15) is 0 Å². The molecule has 0 fully saturated rings. The van der Waals surface area contributed by atoms with Gasteiger partial charge in [0.2, 0.25) is 16.2 Å². The Kier molecular flexibility index (Phi) is 4.46. The molecular formula is C19H18N2O3S. The lowest BCUT2D eigenvalue weighted by Gasteiger charge is -2.08. The maximum Gasteiger partial charge on any atom is 0.221 e. The summed E-state index contributed by atoms with van der Waals surface area (Å²) in [4.78, 5) is 11.1. The molecule has 0 aliphatic heterocycles. The molecule has 1 aromatic heterocycles. The number of nitrogens with one attached hydrogen (secondary N) is 1. The molecule has 0 aliphatic carbocycles. The van der Waals surface area contributed by atoms with Crippen molar-refractivity contribution in [1.29, 1.82) is 0 Å². The number of fused-ring (bicyclic) bond motifs is 1. The Morgan fingerprint density at radius 1 is 1.08 bits per heavy atom. The van der Waals surface area contributed by atoms with Crippen LogP contribution in [0.25, 0.3) is 17.0 Å². The molecule has 1 heterocycles. The summed E-state index contributed by atoms with van der Waals surface area (Å²) < 4.78 is 27.7. The number of aromatic nitrogens is 1. The van der Waals surface area contributed by atoms with Crippen LogP contribution >= 0.6 is 0 Å². The van der Waals surface area contributed by atoms with E-state index in [0.717, 1.165) is 22.0 Å². The highest BCUT2D eigenvalue weighted by molar-refractivity contribution is 7.95. The van der Waals surface area contributed by atoms with Gasteiger partial charge < -0.3 is 9.88 Å². The van der Waals surface area contributed by atoms with E-state index in [-0.39, 0.29) is 9.92 Å². The maximum atomic E-state index is 12.9. The predicted octanol–water partition coefficient (Wildman–Crippen LogP) is 3.01. The number of carbonyl (C=O) groups is 1. The lowest BCUT2D eigenvalue weighted by Crippen LogP contribution is -2.19. The van der Waals surface area contributed by atoms with Crippen LogP contribution in [0.5, 0.6) is 0 Å². The third kappa shape index (κ3) is 3.21. The van der Waals surface area contributed by atoms with Crippen molar-refractivity contribution in [1.82, 2.24) is 9.88 Å². The lowest BCUT2D eigenvalue weighted by atomic mass is 10.2. The molecule has 1 N–H and O–H groups in total. The van der Waals surface area contributed by atoms with E-state index >= 15 is 0 Å². The first kappa shape index (κ1) is 17.0. The Morgan fingerprint density at radius 2 is 1.76 bits per heavy atom. The fourth-order valence-corrected chi connectivity index (χ4v) is 3.96. The molecule has 25 heavy (non-hydrogen) atoms. The van der Waals surface area contributed by atoms with E-state index in [1.165, 1.54) is 18.2 Å². The van der Waals surface area contributed by atoms with E-state index in [0.29, 0.717) is 6.41 Å². The lowest BCUT2D eigenvalue weighted by molar-refractivity contribution is -0.108. The Labute approximate surface area is 146 Å². The van der Waals surface area contributed by atoms with Gasteiger partial charge in [0, 0.05) is 29.7 Å². The molecule has 3 rings (SSSR count). The normalized spacial score (nSPS) is 12.3. The van der Waals surface area contributed by atoms with Crippen molar-refractivity contribution in [2.75, 3.05) is 0 Å². The second-order valence-electron chi connectivity index (χ2n) is 5.80. The largest absolute Gasteiger partial charge is 0.350 e. The van der Waals surface area contributed by atoms with Gasteiger partial charge in [-0.3, -0.25) is 4.79 Å². The molecular weight excluding hydrogens is 336 g/mol. The molecule has 0 radical (unpaired) electrons. The maximum absolute atomic E-state index is 12.9. The first-order valence-electron chi connectivity index (χ1n) is 7.71. The minimum Gasteiger partial charge on any atom is -0.350 e. The molecule has 0 bridgehead atoms. The highest BCUT2D eigenvalue weighted by Crippen LogP contribution is 2.25. The van der Waals surface area contributed by atoms with Crippen molar-refractivity contribution < 1.29 is 13.2 Å². The summed E-state index contributed by atoms with van der Waals surface area (Å²) in [6.45, 7) is 1.88. The third-order valence-corrected chi connectivity index (χ3v) is 5.74. The summed E-state index contributed by atoms with van der Waals surface area (Å²) >= 11 is 0. The van der Waals surface area contributed by atoms with Crippen LogP contribution < -0.4 is 5.32 Å². The van der Waals surface area contributed by atoms with E-state index in [1.807, 2.05) is 49.0 Å². The van der Waals surface area contributed by atoms with Gasteiger partial charge in [-0.1, -0.05) is 35.9 Å². The van der Waals surface area contributed by atoms with Crippen LogP contribution in [0.4, 0.5) is 0 Å². The third-order valence-electron chi connectivity index (χ3n) is 4.04. The number of aryl methyl sites for hydroxylation is 2. The highest BCUT2D eigenvalue weighted by atomic mass is 32.2. The van der Waals surface area contributed by atoms with E-state index in [2.05, 4.69) is 5.32 Å². The van der Waals surface area contributed by atoms with Crippen LogP contribution in [0.2, 0.25) is 0 Å². The Hall–Kier alpha value is -2.86. The minimum absolute atomic E-state index is 0.138. The summed E-state index contributed by atoms with van der Waals surface area (Å²) in [5.74, 6) is 0. The number of sulfone groups is 1. The SMILES string of the molecule is Cc1ccc(S(=O)(=O)/C(=C/c2cn(C)c3ccccc23)NC=O)cc1. The van der Waals surface area contributed by atoms with Gasteiger partial charge in [0.25, 0.3) is 0 Å². The van der Waals surface area contributed by atoms with Crippen LogP contribution in [-0.4, -0.2) is 19.4 Å². The van der Waals surface area contributed by atoms with Crippen molar-refractivity contribution in [2.45, 2.75) is 11.8 Å². The number of para-hydroxylation sites is 1. The second-order valence-corrected chi connectivity index (χ2v) is 7.72. The number of benzene rings is 2. The quantitative estimate of drug-likeness (QED) is 0.716. The Morgan fingerprint density at radius 3 is 2.44 bits per heavy atom. The zero-order valence-electron chi connectivity index (χ0n) is 13.9. The van der Waals surface area contributed by atoms with Gasteiger partial charge in [0.05, 0.1) is 4.90 Å². The molecule has 6 heteroatoms. The molecule has 0 aliphatic rings. The van der Waals surface area contributed by atoms with E-state index in [9.17, 15) is 13.2 Å². The van der Waals surface area contributed by atoms with Crippen molar-refractivity contribution in [3.63, 3.8) is 0 Å². The molecule has 2 aromatic carbocycles. The summed E-state index contributed by atoms with van der Waals surface area (Å²) in [5.41, 5.74) is 2.66. The molecule has 0 saturated heterocycles. The predicted molar refractivity (Wildman–Crippen MR) is 98.5 cm³/mol. The van der Waals surface area contributed by atoms with Gasteiger partial charge in [0.15, 0.2) is 0 Å². The van der Waals surface area contributed by atoms with Crippen LogP contribution in [0, 0.1) is 6.92 Å². The number of carbonyl (C=O) groups excluding carboxylic acids is 1. The minimum atomic E-state index is -3.83. The second kappa shape index (κ2) is 6.57. The molecule has 0 atom stereocenters. The van der Waals surface area contributed by atoms with Crippen molar-refractivity contribution in [2.24, 2.45) is 7.05 Å². The molecule has 3 aromatic rings. The first-order chi connectivity index (χ1) is 11.9. The fourth-order valence-electron chi connectivity index (χ4n) is 2.73. The molecule has 0 unspecified atom stereocenters. The van der Waals surface area contributed by atoms with Crippen LogP contribution in [0.3, 0.4) is 0 Å². The summed E-state index contributed by atoms with van der Waals surface area (Å²) in [5, 5.41) is 3.10. The van der Waals surface area contributed by atoms with Crippen molar-refractivity contribution in [3.8, 4) is 0 Å². The van der Waals surface area contributed by atoms with Crippen molar-refractivity contribution >= 4 is 33.2 Å². The van der Waals surface area contributed by atoms with Gasteiger partial charge >= 0.3 is 0 Å². The number of rotatable bonds is 5. The summed E-state index contributed by atoms with van der Waals surface area (Å²) in [6.07, 6.45) is 3.70. The average molecular weight is 354 g/mol. The molecule has 1 amide bonds. The van der Waals surface area contributed by atoms with E-state index < -0.39 is 9.84 Å². The fraction of sp³-hybridized carbons (Fsp3) is 0.105. The summed E-state index contributed by atoms with van der Waals surface area (Å²) in [6, 6.07) is 14.2. The highest BCUT2D eigenvalue weighted by Gasteiger charge is 2.21. The Balaban J connectivity index is 2.16. The summed E-state index contributed by atoms with van der Waals surface area (Å²) in [7, 11) is -1.94. The van der Waals surface area contributed by atoms with Gasteiger partial charge in [-0.15, -0.1) is 0 Å². The van der Waals surface area contributed by atoms with Gasteiger partial charge in [0.1, 0.15) is 5.03 Å². The topological polar surface area (TPSA) is 68.2 Å². The Bertz CT molecular complexity index is 1060. The number of hydrogen-bond acceptors (Lipinski definition) is 3. The molecule has 128 valence electrons. The molecule has 5 nitrogen and oxygen atoms in total. The van der Waals surface area contributed by atoms with Gasteiger partial charge in [-0.25, -0.2) is 8.42 Å². The smallest absolute Gasteiger partial charge is 0.221 e. The standard InChI is InChI=1S/C19H18N2O3S/c1-14-7-9-16(10-8-14)25(23,24)19(20-13-22)11-15-12-21(2)18-6-4-3-5-17(15)18/h3-13H,1-2H3,(H,20,22)/b19-11+.